The Labute approximate surface area is 164 Å². The van der Waals surface area contributed by atoms with E-state index in [1.807, 2.05) is 0 Å². The Hall–Kier alpha value is -2.43. The van der Waals surface area contributed by atoms with Gasteiger partial charge in [0.15, 0.2) is 0 Å². The molecular weight excluding hydrogens is 386 g/mol. The molecule has 1 aliphatic rings. The lowest BCUT2D eigenvalue weighted by Gasteiger charge is -2.26. The average molecular weight is 411 g/mol. The molecular formula is C18H25N3O6S. The highest BCUT2D eigenvalue weighted by Crippen LogP contribution is 2.18. The van der Waals surface area contributed by atoms with Gasteiger partial charge in [0, 0.05) is 32.3 Å². The molecule has 0 atom stereocenters. The molecule has 0 spiro atoms. The topological polar surface area (TPSA) is 114 Å². The van der Waals surface area contributed by atoms with E-state index in [1.54, 1.807) is 25.1 Å². The van der Waals surface area contributed by atoms with Gasteiger partial charge in [-0.25, -0.2) is 13.2 Å². The number of carbonyl (C=O) groups excluding carboxylic acids is 2. The Morgan fingerprint density at radius 1 is 1.14 bits per heavy atom. The fraction of sp³-hybridized carbons (Fsp3) is 0.444. The monoisotopic (exact) mass is 411 g/mol. The zero-order valence-corrected chi connectivity index (χ0v) is 16.5. The first-order valence-electron chi connectivity index (χ1n) is 8.98. The van der Waals surface area contributed by atoms with Gasteiger partial charge in [-0.1, -0.05) is 12.1 Å². The van der Waals surface area contributed by atoms with Crippen LogP contribution in [0.15, 0.2) is 35.2 Å². The summed E-state index contributed by atoms with van der Waals surface area (Å²) in [7, 11) is -3.53. The second-order valence-electron chi connectivity index (χ2n) is 5.86. The number of sulfonamides is 1. The van der Waals surface area contributed by atoms with Crippen LogP contribution in [0.5, 0.6) is 0 Å². The maximum atomic E-state index is 12.5. The van der Waals surface area contributed by atoms with E-state index in [2.05, 4.69) is 10.6 Å². The molecule has 1 saturated heterocycles. The molecule has 1 aromatic rings. The average Bonchev–Trinajstić information content (AvgIpc) is 2.71. The Balaban J connectivity index is 1.82. The third-order valence-electron chi connectivity index (χ3n) is 3.88. The van der Waals surface area contributed by atoms with Crippen molar-refractivity contribution in [1.29, 1.82) is 0 Å². The predicted octanol–water partition coefficient (Wildman–Crippen LogP) is 0.583. The van der Waals surface area contributed by atoms with Gasteiger partial charge in [-0.3, -0.25) is 4.79 Å². The highest BCUT2D eigenvalue weighted by molar-refractivity contribution is 7.89. The van der Waals surface area contributed by atoms with Crippen molar-refractivity contribution in [2.75, 3.05) is 46.0 Å². The molecule has 1 heterocycles. The third kappa shape index (κ3) is 6.63. The lowest BCUT2D eigenvalue weighted by Crippen LogP contribution is -2.40. The molecule has 0 unspecified atom stereocenters. The molecule has 28 heavy (non-hydrogen) atoms. The predicted molar refractivity (Wildman–Crippen MR) is 103 cm³/mol. The molecule has 2 amide bonds. The van der Waals surface area contributed by atoms with Crippen molar-refractivity contribution in [3.8, 4) is 0 Å². The normalized spacial score (nSPS) is 15.3. The number of ether oxygens (including phenoxy) is 2. The van der Waals surface area contributed by atoms with Crippen molar-refractivity contribution in [3.05, 3.63) is 35.9 Å². The number of nitrogens with zero attached hydrogens (tertiary/aromatic N) is 1. The van der Waals surface area contributed by atoms with Gasteiger partial charge in [-0.15, -0.1) is 0 Å². The minimum Gasteiger partial charge on any atom is -0.450 e. The van der Waals surface area contributed by atoms with Gasteiger partial charge < -0.3 is 20.1 Å². The first-order chi connectivity index (χ1) is 13.4. The number of rotatable bonds is 8. The molecule has 1 aliphatic heterocycles. The second kappa shape index (κ2) is 10.8. The summed E-state index contributed by atoms with van der Waals surface area (Å²) in [5, 5.41) is 5.11. The SMILES string of the molecule is CCOC(=O)NCCNC(=O)/C=C/c1ccc(S(=O)(=O)N2CCOCC2)cc1. The van der Waals surface area contributed by atoms with E-state index in [0.717, 1.165) is 0 Å². The van der Waals surface area contributed by atoms with Crippen LogP contribution in [0.4, 0.5) is 4.79 Å². The number of amides is 2. The van der Waals surface area contributed by atoms with Crippen LogP contribution in [0.1, 0.15) is 12.5 Å². The van der Waals surface area contributed by atoms with E-state index in [1.165, 1.54) is 22.5 Å². The van der Waals surface area contributed by atoms with Crippen molar-refractivity contribution in [1.82, 2.24) is 14.9 Å². The molecule has 1 fully saturated rings. The van der Waals surface area contributed by atoms with Gasteiger partial charge in [0.1, 0.15) is 0 Å². The minimum atomic E-state index is -3.53. The highest BCUT2D eigenvalue weighted by atomic mass is 32.2. The zero-order valence-electron chi connectivity index (χ0n) is 15.7. The van der Waals surface area contributed by atoms with E-state index >= 15 is 0 Å². The molecule has 0 aliphatic carbocycles. The fourth-order valence-corrected chi connectivity index (χ4v) is 3.86. The largest absolute Gasteiger partial charge is 0.450 e. The first-order valence-corrected chi connectivity index (χ1v) is 10.4. The summed E-state index contributed by atoms with van der Waals surface area (Å²) in [6.07, 6.45) is 2.40. The smallest absolute Gasteiger partial charge is 0.407 e. The van der Waals surface area contributed by atoms with E-state index in [0.29, 0.717) is 31.9 Å². The second-order valence-corrected chi connectivity index (χ2v) is 7.80. The molecule has 0 saturated carbocycles. The first kappa shape index (κ1) is 21.9. The lowest BCUT2D eigenvalue weighted by atomic mass is 10.2. The number of benzene rings is 1. The van der Waals surface area contributed by atoms with Gasteiger partial charge in [0.2, 0.25) is 15.9 Å². The van der Waals surface area contributed by atoms with E-state index in [4.69, 9.17) is 9.47 Å². The summed E-state index contributed by atoms with van der Waals surface area (Å²) in [4.78, 5) is 23.1. The Kier molecular flexibility index (Phi) is 8.42. The zero-order chi connectivity index (χ0) is 20.4. The quantitative estimate of drug-likeness (QED) is 0.478. The van der Waals surface area contributed by atoms with Crippen molar-refractivity contribution in [3.63, 3.8) is 0 Å². The van der Waals surface area contributed by atoms with Crippen LogP contribution in [-0.2, 0) is 24.3 Å². The minimum absolute atomic E-state index is 0.209. The Morgan fingerprint density at radius 2 is 1.79 bits per heavy atom. The maximum Gasteiger partial charge on any atom is 0.407 e. The number of alkyl carbamates (subject to hydrolysis) is 1. The number of nitrogens with one attached hydrogen (secondary N) is 2. The van der Waals surface area contributed by atoms with E-state index < -0.39 is 16.1 Å². The Morgan fingerprint density at radius 3 is 2.43 bits per heavy atom. The number of hydrogen-bond acceptors (Lipinski definition) is 6. The van der Waals surface area contributed by atoms with Crippen molar-refractivity contribution in [2.24, 2.45) is 0 Å². The molecule has 10 heteroatoms. The standard InChI is InChI=1S/C18H25N3O6S/c1-2-27-18(23)20-10-9-19-17(22)8-5-15-3-6-16(7-4-15)28(24,25)21-11-13-26-14-12-21/h3-8H,2,9-14H2,1H3,(H,19,22)(H,20,23)/b8-5+. The summed E-state index contributed by atoms with van der Waals surface area (Å²) in [5.41, 5.74) is 0.695. The van der Waals surface area contributed by atoms with Gasteiger partial charge in [0.25, 0.3) is 0 Å². The molecule has 0 bridgehead atoms. The molecule has 0 aromatic heterocycles. The molecule has 2 rings (SSSR count). The third-order valence-corrected chi connectivity index (χ3v) is 5.80. The van der Waals surface area contributed by atoms with Gasteiger partial charge >= 0.3 is 6.09 Å². The van der Waals surface area contributed by atoms with Crippen LogP contribution >= 0.6 is 0 Å². The summed E-state index contributed by atoms with van der Waals surface area (Å²) >= 11 is 0. The van der Waals surface area contributed by atoms with Crippen molar-refractivity contribution in [2.45, 2.75) is 11.8 Å². The molecule has 9 nitrogen and oxygen atoms in total. The highest BCUT2D eigenvalue weighted by Gasteiger charge is 2.25. The van der Waals surface area contributed by atoms with E-state index in [9.17, 15) is 18.0 Å². The van der Waals surface area contributed by atoms with Crippen molar-refractivity contribution >= 4 is 28.1 Å². The van der Waals surface area contributed by atoms with Crippen LogP contribution in [0.2, 0.25) is 0 Å². The number of hydrogen-bond donors (Lipinski definition) is 2. The summed E-state index contributed by atoms with van der Waals surface area (Å²) in [5.74, 6) is -0.323. The molecule has 1 aromatic carbocycles. The summed E-state index contributed by atoms with van der Waals surface area (Å²) < 4.78 is 36.4. The van der Waals surface area contributed by atoms with Gasteiger partial charge in [-0.2, -0.15) is 4.31 Å². The number of morpholine rings is 1. The van der Waals surface area contributed by atoms with Gasteiger partial charge in [0.05, 0.1) is 24.7 Å². The number of carbonyl (C=O) groups is 2. The summed E-state index contributed by atoms with van der Waals surface area (Å²) in [6, 6.07) is 6.32. The maximum absolute atomic E-state index is 12.5. The van der Waals surface area contributed by atoms with Crippen LogP contribution < -0.4 is 10.6 Å². The fourth-order valence-electron chi connectivity index (χ4n) is 2.45. The molecule has 154 valence electrons. The van der Waals surface area contributed by atoms with Crippen LogP contribution in [-0.4, -0.2) is 70.7 Å². The van der Waals surface area contributed by atoms with Gasteiger partial charge in [-0.05, 0) is 30.7 Å². The van der Waals surface area contributed by atoms with Crippen LogP contribution in [0.25, 0.3) is 6.08 Å². The summed E-state index contributed by atoms with van der Waals surface area (Å²) in [6.45, 7) is 3.98. The lowest BCUT2D eigenvalue weighted by molar-refractivity contribution is -0.116. The van der Waals surface area contributed by atoms with Crippen LogP contribution in [0.3, 0.4) is 0 Å². The van der Waals surface area contributed by atoms with E-state index in [-0.39, 0.29) is 30.5 Å². The Bertz CT molecular complexity index is 786. The molecule has 0 radical (unpaired) electrons. The van der Waals surface area contributed by atoms with Crippen molar-refractivity contribution < 1.29 is 27.5 Å². The molecule has 2 N–H and O–H groups in total. The van der Waals surface area contributed by atoms with Crippen LogP contribution in [0, 0.1) is 0 Å².